The van der Waals surface area contributed by atoms with Gasteiger partial charge in [0.05, 0.1) is 24.5 Å². The van der Waals surface area contributed by atoms with E-state index in [0.29, 0.717) is 45.4 Å². The van der Waals surface area contributed by atoms with Crippen LogP contribution in [0, 0.1) is 5.92 Å². The first-order chi connectivity index (χ1) is 14.3. The zero-order valence-corrected chi connectivity index (χ0v) is 20.4. The molecule has 0 aromatic rings. The van der Waals surface area contributed by atoms with Crippen LogP contribution in [-0.4, -0.2) is 74.2 Å². The van der Waals surface area contributed by atoms with Crippen molar-refractivity contribution in [3.8, 4) is 0 Å². The summed E-state index contributed by atoms with van der Waals surface area (Å²) in [6, 6.07) is -0.652. The van der Waals surface area contributed by atoms with Crippen LogP contribution in [0.2, 0.25) is 0 Å². The van der Waals surface area contributed by atoms with Crippen molar-refractivity contribution in [2.75, 3.05) is 45.3 Å². The lowest BCUT2D eigenvalue weighted by atomic mass is 10.2. The molecule has 0 fully saturated rings. The monoisotopic (exact) mass is 449 g/mol. The van der Waals surface area contributed by atoms with Crippen LogP contribution in [0.5, 0.6) is 0 Å². The molecule has 0 radical (unpaired) electrons. The number of nitrogens with one attached hydrogen (secondary N) is 2. The molecule has 8 nitrogen and oxygen atoms in total. The van der Waals surface area contributed by atoms with Crippen LogP contribution in [0.3, 0.4) is 0 Å². The third-order valence-corrected chi connectivity index (χ3v) is 4.91. The summed E-state index contributed by atoms with van der Waals surface area (Å²) in [5.74, 6) is 0.0784. The van der Waals surface area contributed by atoms with Crippen molar-refractivity contribution < 1.29 is 23.9 Å². The van der Waals surface area contributed by atoms with Crippen LogP contribution >= 0.6 is 11.8 Å². The van der Waals surface area contributed by atoms with Gasteiger partial charge in [-0.1, -0.05) is 34.6 Å². The number of hydrogen-bond donors (Lipinski definition) is 3. The number of ether oxygens (including phenoxy) is 2. The van der Waals surface area contributed by atoms with E-state index < -0.39 is 11.3 Å². The summed E-state index contributed by atoms with van der Waals surface area (Å²) in [6.07, 6.45) is 0.928. The van der Waals surface area contributed by atoms with E-state index >= 15 is 0 Å². The van der Waals surface area contributed by atoms with E-state index in [-0.39, 0.29) is 29.8 Å². The van der Waals surface area contributed by atoms with Crippen LogP contribution in [0.25, 0.3) is 0 Å². The Kier molecular flexibility index (Phi) is 21.8. The number of carbonyl (C=O) groups excluding carboxylic acids is 3. The van der Waals surface area contributed by atoms with Crippen molar-refractivity contribution in [1.82, 2.24) is 10.6 Å². The molecular weight excluding hydrogens is 406 g/mol. The smallest absolute Gasteiger partial charge is 0.233 e. The lowest BCUT2D eigenvalue weighted by Crippen LogP contribution is -2.40. The van der Waals surface area contributed by atoms with E-state index in [1.165, 1.54) is 18.7 Å². The van der Waals surface area contributed by atoms with Gasteiger partial charge in [0.1, 0.15) is 5.78 Å². The SMILES string of the molecule is CC.CCCOCCNC(=O)C(CC(=O)NCCOCC(C)C)SCC(N)C(C)=O. The molecule has 0 saturated heterocycles. The Morgan fingerprint density at radius 1 is 1.00 bits per heavy atom. The second-order valence-corrected chi connectivity index (χ2v) is 8.20. The summed E-state index contributed by atoms with van der Waals surface area (Å²) in [5.41, 5.74) is 5.75. The molecule has 2 unspecified atom stereocenters. The van der Waals surface area contributed by atoms with Crippen LogP contribution < -0.4 is 16.4 Å². The Bertz CT molecular complexity index is 464. The molecule has 0 aliphatic carbocycles. The zero-order chi connectivity index (χ0) is 23.4. The Morgan fingerprint density at radius 3 is 2.17 bits per heavy atom. The highest BCUT2D eigenvalue weighted by Crippen LogP contribution is 2.16. The second-order valence-electron chi connectivity index (χ2n) is 6.97. The average Bonchev–Trinajstić information content (AvgIpc) is 2.71. The molecule has 0 aromatic carbocycles. The van der Waals surface area contributed by atoms with Crippen LogP contribution in [0.1, 0.15) is 54.4 Å². The molecule has 0 bridgehead atoms. The minimum absolute atomic E-state index is 0.0150. The minimum atomic E-state index is -0.652. The van der Waals surface area contributed by atoms with Gasteiger partial charge in [-0.15, -0.1) is 11.8 Å². The predicted octanol–water partition coefficient (Wildman–Crippen LogP) is 1.75. The first-order valence-corrected chi connectivity index (χ1v) is 11.9. The number of thioether (sulfide) groups is 1. The number of nitrogens with two attached hydrogens (primary N) is 1. The molecule has 4 N–H and O–H groups in total. The molecule has 0 aromatic heterocycles. The molecule has 0 heterocycles. The van der Waals surface area contributed by atoms with Crippen molar-refractivity contribution >= 4 is 29.4 Å². The first kappa shape index (κ1) is 31.0. The molecule has 178 valence electrons. The Labute approximate surface area is 186 Å². The van der Waals surface area contributed by atoms with Crippen LogP contribution in [0.4, 0.5) is 0 Å². The molecule has 0 aliphatic rings. The maximum absolute atomic E-state index is 12.4. The largest absolute Gasteiger partial charge is 0.380 e. The maximum atomic E-state index is 12.4. The molecule has 2 atom stereocenters. The fraction of sp³-hybridized carbons (Fsp3) is 0.857. The molecule has 0 spiro atoms. The lowest BCUT2D eigenvalue weighted by molar-refractivity contribution is -0.126. The van der Waals surface area contributed by atoms with E-state index in [0.717, 1.165) is 6.42 Å². The summed E-state index contributed by atoms with van der Waals surface area (Å²) >= 11 is 1.22. The summed E-state index contributed by atoms with van der Waals surface area (Å²) in [5, 5.41) is 4.91. The van der Waals surface area contributed by atoms with Crippen LogP contribution in [0.15, 0.2) is 0 Å². The minimum Gasteiger partial charge on any atom is -0.380 e. The quantitative estimate of drug-likeness (QED) is 0.289. The summed E-state index contributed by atoms with van der Waals surface area (Å²) in [7, 11) is 0. The van der Waals surface area contributed by atoms with Crippen molar-refractivity contribution in [3.63, 3.8) is 0 Å². The van der Waals surface area contributed by atoms with Gasteiger partial charge in [-0.25, -0.2) is 0 Å². The van der Waals surface area contributed by atoms with Gasteiger partial charge in [-0.05, 0) is 19.3 Å². The Hall–Kier alpha value is -1.16. The number of hydrogen-bond acceptors (Lipinski definition) is 7. The predicted molar refractivity (Wildman–Crippen MR) is 124 cm³/mol. The molecular formula is C21H43N3O5S. The molecule has 2 amide bonds. The number of Topliss-reactive ketones (excluding diaryl/α,β-unsaturated/α-hetero) is 1. The van der Waals surface area contributed by atoms with E-state index in [2.05, 4.69) is 24.5 Å². The molecule has 0 rings (SSSR count). The van der Waals surface area contributed by atoms with Gasteiger partial charge in [0.25, 0.3) is 0 Å². The zero-order valence-electron chi connectivity index (χ0n) is 19.6. The highest BCUT2D eigenvalue weighted by atomic mass is 32.2. The maximum Gasteiger partial charge on any atom is 0.233 e. The Balaban J connectivity index is 0. The van der Waals surface area contributed by atoms with Crippen molar-refractivity contribution in [1.29, 1.82) is 0 Å². The van der Waals surface area contributed by atoms with E-state index in [1.807, 2.05) is 20.8 Å². The van der Waals surface area contributed by atoms with Crippen LogP contribution in [-0.2, 0) is 23.9 Å². The number of ketones is 1. The highest BCUT2D eigenvalue weighted by molar-refractivity contribution is 8.00. The van der Waals surface area contributed by atoms with Crippen molar-refractivity contribution in [2.45, 2.75) is 65.7 Å². The fourth-order valence-electron chi connectivity index (χ4n) is 1.99. The standard InChI is InChI=1S/C19H37N3O5S.C2H6/c1-5-8-26-9-7-22-19(25)17(28-13-16(20)15(4)23)11-18(24)21-6-10-27-12-14(2)3;1-2/h14,16-17H,5-13,20H2,1-4H3,(H,21,24)(H,22,25);1-2H3. The van der Waals surface area contributed by atoms with Gasteiger partial charge in [-0.3, -0.25) is 14.4 Å². The lowest BCUT2D eigenvalue weighted by Gasteiger charge is -2.18. The van der Waals surface area contributed by atoms with Gasteiger partial charge in [0.2, 0.25) is 11.8 Å². The summed E-state index contributed by atoms with van der Waals surface area (Å²) in [4.78, 5) is 35.9. The number of carbonyl (C=O) groups is 3. The first-order valence-electron chi connectivity index (χ1n) is 10.8. The van der Waals surface area contributed by atoms with Gasteiger partial charge in [0.15, 0.2) is 0 Å². The van der Waals surface area contributed by atoms with Gasteiger partial charge in [0, 0.05) is 38.5 Å². The third kappa shape index (κ3) is 18.8. The number of amides is 2. The average molecular weight is 450 g/mol. The normalized spacial score (nSPS) is 12.5. The van der Waals surface area contributed by atoms with Crippen molar-refractivity contribution in [2.24, 2.45) is 11.7 Å². The Morgan fingerprint density at radius 2 is 1.60 bits per heavy atom. The van der Waals surface area contributed by atoms with Crippen molar-refractivity contribution in [3.05, 3.63) is 0 Å². The molecule has 0 saturated carbocycles. The third-order valence-electron chi connectivity index (χ3n) is 3.58. The summed E-state index contributed by atoms with van der Waals surface area (Å²) in [6.45, 7) is 14.4. The number of rotatable bonds is 17. The van der Waals surface area contributed by atoms with Gasteiger partial charge >= 0.3 is 0 Å². The van der Waals surface area contributed by atoms with Gasteiger partial charge < -0.3 is 25.8 Å². The van der Waals surface area contributed by atoms with Gasteiger partial charge in [-0.2, -0.15) is 0 Å². The summed E-state index contributed by atoms with van der Waals surface area (Å²) < 4.78 is 10.8. The topological polar surface area (TPSA) is 120 Å². The molecule has 0 aliphatic heterocycles. The fourth-order valence-corrected chi connectivity index (χ4v) is 3.17. The van der Waals surface area contributed by atoms with E-state index in [9.17, 15) is 14.4 Å². The van der Waals surface area contributed by atoms with E-state index in [1.54, 1.807) is 0 Å². The van der Waals surface area contributed by atoms with E-state index in [4.69, 9.17) is 15.2 Å². The molecule has 30 heavy (non-hydrogen) atoms. The molecule has 9 heteroatoms. The second kappa shape index (κ2) is 21.1. The highest BCUT2D eigenvalue weighted by Gasteiger charge is 2.24.